The molecule has 1 amide bonds. The molecular weight excluding hydrogens is 356 g/mol. The van der Waals surface area contributed by atoms with Crippen molar-refractivity contribution in [3.63, 3.8) is 0 Å². The van der Waals surface area contributed by atoms with Gasteiger partial charge in [-0.05, 0) is 63.1 Å². The van der Waals surface area contributed by atoms with E-state index in [9.17, 15) is 10.1 Å². The molecule has 2 atom stereocenters. The Kier molecular flexibility index (Phi) is 5.86. The predicted octanol–water partition coefficient (Wildman–Crippen LogP) is 5.16. The zero-order chi connectivity index (χ0) is 19.6. The summed E-state index contributed by atoms with van der Waals surface area (Å²) in [4.78, 5) is 13.9. The first-order chi connectivity index (χ1) is 12.9. The zero-order valence-corrected chi connectivity index (χ0v) is 17.2. The van der Waals surface area contributed by atoms with Crippen LogP contribution < -0.4 is 10.1 Å². The van der Waals surface area contributed by atoms with E-state index in [4.69, 9.17) is 4.74 Å². The third-order valence-corrected chi connectivity index (χ3v) is 6.47. The number of carbonyl (C=O) groups is 1. The van der Waals surface area contributed by atoms with Crippen molar-refractivity contribution >= 4 is 22.2 Å². The highest BCUT2D eigenvalue weighted by molar-refractivity contribution is 7.16. The van der Waals surface area contributed by atoms with E-state index in [1.54, 1.807) is 18.3 Å². The molecule has 0 fully saturated rings. The molecule has 142 valence electrons. The summed E-state index contributed by atoms with van der Waals surface area (Å²) in [6, 6.07) is 8.20. The Morgan fingerprint density at radius 1 is 1.44 bits per heavy atom. The minimum atomic E-state index is -0.638. The number of benzene rings is 1. The summed E-state index contributed by atoms with van der Waals surface area (Å²) in [7, 11) is 0. The molecule has 2 aromatic rings. The summed E-state index contributed by atoms with van der Waals surface area (Å²) in [5.74, 6) is 1.16. The molecule has 0 aliphatic heterocycles. The van der Waals surface area contributed by atoms with Crippen molar-refractivity contribution in [3.05, 3.63) is 45.3 Å². The number of amides is 1. The number of hydrogen-bond donors (Lipinski definition) is 1. The lowest BCUT2D eigenvalue weighted by Crippen LogP contribution is -2.30. The normalized spacial score (nSPS) is 16.9. The van der Waals surface area contributed by atoms with Gasteiger partial charge in [-0.25, -0.2) is 0 Å². The van der Waals surface area contributed by atoms with E-state index in [0.29, 0.717) is 22.2 Å². The number of nitriles is 1. The highest BCUT2D eigenvalue weighted by Gasteiger charge is 2.27. The van der Waals surface area contributed by atoms with Gasteiger partial charge >= 0.3 is 0 Å². The molecule has 4 nitrogen and oxygen atoms in total. The molecule has 27 heavy (non-hydrogen) atoms. The third-order valence-electron chi connectivity index (χ3n) is 5.30. The summed E-state index contributed by atoms with van der Waals surface area (Å²) in [5, 5.41) is 13.2. The molecular formula is C22H26N2O2S. The lowest BCUT2D eigenvalue weighted by Gasteiger charge is -2.20. The molecule has 1 N–H and O–H groups in total. The van der Waals surface area contributed by atoms with Crippen LogP contribution in [0.2, 0.25) is 0 Å². The molecule has 1 aromatic heterocycles. The van der Waals surface area contributed by atoms with Crippen LogP contribution in [0.4, 0.5) is 5.00 Å². The molecule has 0 bridgehead atoms. The van der Waals surface area contributed by atoms with Crippen LogP contribution in [0.1, 0.15) is 53.8 Å². The second-order valence-electron chi connectivity index (χ2n) is 7.36. The molecule has 0 spiro atoms. The monoisotopic (exact) mass is 382 g/mol. The number of aryl methyl sites for hydroxylation is 2. The van der Waals surface area contributed by atoms with Gasteiger partial charge in [0, 0.05) is 4.88 Å². The molecule has 0 saturated heterocycles. The summed E-state index contributed by atoms with van der Waals surface area (Å²) < 4.78 is 5.85. The maximum absolute atomic E-state index is 12.7. The second kappa shape index (κ2) is 8.14. The van der Waals surface area contributed by atoms with Gasteiger partial charge in [-0.2, -0.15) is 5.26 Å². The molecule has 1 heterocycles. The Morgan fingerprint density at radius 2 is 2.22 bits per heavy atom. The first-order valence-electron chi connectivity index (χ1n) is 9.52. The number of hydrogen-bond acceptors (Lipinski definition) is 4. The lowest BCUT2D eigenvalue weighted by molar-refractivity contribution is -0.122. The van der Waals surface area contributed by atoms with E-state index in [-0.39, 0.29) is 5.91 Å². The predicted molar refractivity (Wildman–Crippen MR) is 109 cm³/mol. The second-order valence-corrected chi connectivity index (χ2v) is 8.46. The Hall–Kier alpha value is -2.32. The van der Waals surface area contributed by atoms with E-state index >= 15 is 0 Å². The standard InChI is InChI=1S/C22H26N2O2S/c1-5-16-7-8-17-18(12-23)22(27-20(17)11-16)24-21(25)15(4)26-19-9-6-13(2)10-14(19)3/h6,9-10,15-16H,5,7-8,11H2,1-4H3,(H,24,25)/t15-,16-/m0/s1. The van der Waals surface area contributed by atoms with Gasteiger partial charge in [-0.1, -0.05) is 31.0 Å². The third kappa shape index (κ3) is 4.17. The van der Waals surface area contributed by atoms with Gasteiger partial charge in [-0.15, -0.1) is 11.3 Å². The maximum atomic E-state index is 12.7. The van der Waals surface area contributed by atoms with Crippen LogP contribution in [-0.4, -0.2) is 12.0 Å². The van der Waals surface area contributed by atoms with Gasteiger partial charge in [0.15, 0.2) is 6.10 Å². The Labute approximate surface area is 165 Å². The van der Waals surface area contributed by atoms with E-state index in [1.807, 2.05) is 32.0 Å². The van der Waals surface area contributed by atoms with Crippen molar-refractivity contribution in [3.8, 4) is 11.8 Å². The minimum absolute atomic E-state index is 0.225. The summed E-state index contributed by atoms with van der Waals surface area (Å²) in [5.41, 5.74) is 3.93. The van der Waals surface area contributed by atoms with Crippen LogP contribution >= 0.6 is 11.3 Å². The van der Waals surface area contributed by atoms with Crippen LogP contribution in [0.15, 0.2) is 18.2 Å². The first-order valence-corrected chi connectivity index (χ1v) is 10.3. The van der Waals surface area contributed by atoms with Crippen molar-refractivity contribution in [2.24, 2.45) is 5.92 Å². The molecule has 1 aliphatic rings. The molecule has 1 aromatic carbocycles. The number of fused-ring (bicyclic) bond motifs is 1. The SMILES string of the molecule is CC[C@H]1CCc2c(sc(NC(=O)[C@H](C)Oc3ccc(C)cc3C)c2C#N)C1. The zero-order valence-electron chi connectivity index (χ0n) is 16.4. The molecule has 0 radical (unpaired) electrons. The van der Waals surface area contributed by atoms with Gasteiger partial charge in [0.25, 0.3) is 5.91 Å². The minimum Gasteiger partial charge on any atom is -0.481 e. The van der Waals surface area contributed by atoms with Crippen LogP contribution in [0.5, 0.6) is 5.75 Å². The van der Waals surface area contributed by atoms with Crippen molar-refractivity contribution < 1.29 is 9.53 Å². The molecule has 0 saturated carbocycles. The molecule has 0 unspecified atom stereocenters. The fourth-order valence-electron chi connectivity index (χ4n) is 3.60. The highest BCUT2D eigenvalue weighted by Crippen LogP contribution is 2.40. The maximum Gasteiger partial charge on any atom is 0.265 e. The van der Waals surface area contributed by atoms with Crippen LogP contribution in [0.3, 0.4) is 0 Å². The quantitative estimate of drug-likeness (QED) is 0.777. The Morgan fingerprint density at radius 3 is 2.89 bits per heavy atom. The Bertz CT molecular complexity index is 894. The number of carbonyl (C=O) groups excluding carboxylic acids is 1. The van der Waals surface area contributed by atoms with Crippen molar-refractivity contribution in [2.45, 2.75) is 59.5 Å². The highest BCUT2D eigenvalue weighted by atomic mass is 32.1. The average molecular weight is 383 g/mol. The summed E-state index contributed by atoms with van der Waals surface area (Å²) >= 11 is 1.55. The topological polar surface area (TPSA) is 62.1 Å². The number of ether oxygens (including phenoxy) is 1. The molecule has 3 rings (SSSR count). The van der Waals surface area contributed by atoms with Crippen molar-refractivity contribution in [2.75, 3.05) is 5.32 Å². The fourth-order valence-corrected chi connectivity index (χ4v) is 4.91. The number of anilines is 1. The summed E-state index contributed by atoms with van der Waals surface area (Å²) in [6.45, 7) is 7.95. The van der Waals surface area contributed by atoms with Crippen LogP contribution in [-0.2, 0) is 17.6 Å². The number of nitrogens with one attached hydrogen (secondary N) is 1. The van der Waals surface area contributed by atoms with E-state index in [0.717, 1.165) is 42.4 Å². The average Bonchev–Trinajstić information content (AvgIpc) is 2.99. The van der Waals surface area contributed by atoms with E-state index < -0.39 is 6.10 Å². The van der Waals surface area contributed by atoms with Gasteiger partial charge < -0.3 is 10.1 Å². The largest absolute Gasteiger partial charge is 0.481 e. The van der Waals surface area contributed by atoms with Gasteiger partial charge in [0.05, 0.1) is 5.56 Å². The number of nitrogens with zero attached hydrogens (tertiary/aromatic N) is 1. The van der Waals surface area contributed by atoms with Crippen LogP contribution in [0.25, 0.3) is 0 Å². The smallest absolute Gasteiger partial charge is 0.265 e. The first kappa shape index (κ1) is 19.4. The van der Waals surface area contributed by atoms with Gasteiger partial charge in [0.2, 0.25) is 0 Å². The van der Waals surface area contributed by atoms with Crippen molar-refractivity contribution in [1.29, 1.82) is 5.26 Å². The van der Waals surface area contributed by atoms with Gasteiger partial charge in [-0.3, -0.25) is 4.79 Å². The molecule has 1 aliphatic carbocycles. The lowest BCUT2D eigenvalue weighted by atomic mass is 9.86. The summed E-state index contributed by atoms with van der Waals surface area (Å²) in [6.07, 6.45) is 3.57. The number of rotatable bonds is 5. The van der Waals surface area contributed by atoms with Gasteiger partial charge in [0.1, 0.15) is 16.8 Å². The Balaban J connectivity index is 1.74. The number of thiophene rings is 1. The van der Waals surface area contributed by atoms with E-state index in [1.165, 1.54) is 4.88 Å². The van der Waals surface area contributed by atoms with E-state index in [2.05, 4.69) is 18.3 Å². The molecule has 5 heteroatoms. The fraction of sp³-hybridized carbons (Fsp3) is 0.455. The van der Waals surface area contributed by atoms with Crippen LogP contribution in [0, 0.1) is 31.1 Å². The van der Waals surface area contributed by atoms with Crippen molar-refractivity contribution in [1.82, 2.24) is 0 Å².